The van der Waals surface area contributed by atoms with Crippen LogP contribution < -0.4 is 4.74 Å². The van der Waals surface area contributed by atoms with E-state index in [2.05, 4.69) is 15.9 Å². The number of hydrogen-bond acceptors (Lipinski definition) is 5. The fourth-order valence-corrected chi connectivity index (χ4v) is 3.17. The fraction of sp³-hybridized carbons (Fsp3) is 0.167. The van der Waals surface area contributed by atoms with Gasteiger partial charge in [-0.1, -0.05) is 39.9 Å². The van der Waals surface area contributed by atoms with Gasteiger partial charge in [-0.25, -0.2) is 0 Å². The van der Waals surface area contributed by atoms with Gasteiger partial charge >= 0.3 is 0 Å². The lowest BCUT2D eigenvalue weighted by Crippen LogP contribution is -2.22. The fourth-order valence-electron chi connectivity index (χ4n) is 1.55. The Morgan fingerprint density at radius 1 is 1.53 bits per heavy atom. The molecule has 1 aliphatic rings. The largest absolute Gasteiger partial charge is 0.504 e. The third kappa shape index (κ3) is 2.77. The molecule has 0 aliphatic carbocycles. The molecule has 19 heavy (non-hydrogen) atoms. The highest BCUT2D eigenvalue weighted by molar-refractivity contribution is 9.10. The molecule has 0 aromatic heterocycles. The topological polar surface area (TPSA) is 49.8 Å². The number of ether oxygens (including phenoxy) is 1. The molecule has 100 valence electrons. The minimum atomic E-state index is -0.173. The first-order chi connectivity index (χ1) is 8.93. The molecule has 1 aromatic carbocycles. The molecule has 4 nitrogen and oxygen atoms in total. The average Bonchev–Trinajstić information content (AvgIpc) is 2.61. The molecule has 1 amide bonds. The number of likely N-dealkylation sites (N-methyl/N-ethyl adjacent to an activating group) is 1. The summed E-state index contributed by atoms with van der Waals surface area (Å²) in [5.41, 5.74) is 0.500. The highest BCUT2D eigenvalue weighted by atomic mass is 79.9. The van der Waals surface area contributed by atoms with E-state index in [9.17, 15) is 9.90 Å². The molecule has 1 N–H and O–H groups in total. The van der Waals surface area contributed by atoms with Crippen molar-refractivity contribution in [3.05, 3.63) is 27.1 Å². The summed E-state index contributed by atoms with van der Waals surface area (Å²) in [5.74, 6) is 0.160. The number of hydrogen-bond donors (Lipinski definition) is 1. The molecule has 1 heterocycles. The van der Waals surface area contributed by atoms with Crippen LogP contribution in [0.1, 0.15) is 5.56 Å². The maximum absolute atomic E-state index is 11.9. The summed E-state index contributed by atoms with van der Waals surface area (Å²) < 4.78 is 6.31. The Morgan fingerprint density at radius 2 is 2.21 bits per heavy atom. The molecule has 1 saturated heterocycles. The molecule has 0 bridgehead atoms. The average molecular weight is 360 g/mol. The maximum atomic E-state index is 11.9. The Morgan fingerprint density at radius 3 is 2.74 bits per heavy atom. The Kier molecular flexibility index (Phi) is 4.17. The first-order valence-corrected chi connectivity index (χ1v) is 7.24. The van der Waals surface area contributed by atoms with Gasteiger partial charge in [0.2, 0.25) is 0 Å². The second kappa shape index (κ2) is 5.52. The zero-order valence-electron chi connectivity index (χ0n) is 10.1. The maximum Gasteiger partial charge on any atom is 0.265 e. The third-order valence-electron chi connectivity index (χ3n) is 2.56. The van der Waals surface area contributed by atoms with Crippen molar-refractivity contribution in [2.45, 2.75) is 0 Å². The molecule has 1 fully saturated rings. The zero-order chi connectivity index (χ0) is 14.2. The number of phenols is 1. The van der Waals surface area contributed by atoms with Gasteiger partial charge in [0, 0.05) is 17.1 Å². The molecule has 0 saturated carbocycles. The van der Waals surface area contributed by atoms with Gasteiger partial charge in [-0.2, -0.15) is 0 Å². The van der Waals surface area contributed by atoms with Gasteiger partial charge in [0.15, 0.2) is 11.5 Å². The summed E-state index contributed by atoms with van der Waals surface area (Å²) in [5, 5.41) is 10.0. The van der Waals surface area contributed by atoms with Crippen molar-refractivity contribution in [2.24, 2.45) is 0 Å². The van der Waals surface area contributed by atoms with Crippen molar-refractivity contribution in [2.75, 3.05) is 14.2 Å². The van der Waals surface area contributed by atoms with Crippen LogP contribution in [0.15, 0.2) is 21.5 Å². The van der Waals surface area contributed by atoms with Crippen molar-refractivity contribution in [1.82, 2.24) is 4.90 Å². The summed E-state index contributed by atoms with van der Waals surface area (Å²) in [6.07, 6.45) is 1.60. The predicted molar refractivity (Wildman–Crippen MR) is 83.3 cm³/mol. The monoisotopic (exact) mass is 359 g/mol. The van der Waals surface area contributed by atoms with Gasteiger partial charge in [0.1, 0.15) is 4.32 Å². The van der Waals surface area contributed by atoms with Crippen molar-refractivity contribution in [3.8, 4) is 11.5 Å². The number of halogens is 1. The molecule has 1 aliphatic heterocycles. The normalized spacial score (nSPS) is 17.4. The second-order valence-corrected chi connectivity index (χ2v) is 6.38. The number of phenolic OH excluding ortho intramolecular Hbond substituents is 1. The smallest absolute Gasteiger partial charge is 0.265 e. The number of aromatic hydroxyl groups is 1. The van der Waals surface area contributed by atoms with Crippen molar-refractivity contribution < 1.29 is 14.6 Å². The number of thioether (sulfide) groups is 1. The van der Waals surface area contributed by atoms with E-state index < -0.39 is 0 Å². The van der Waals surface area contributed by atoms with Crippen molar-refractivity contribution in [3.63, 3.8) is 0 Å². The molecule has 2 rings (SSSR count). The van der Waals surface area contributed by atoms with E-state index in [0.717, 1.165) is 4.47 Å². The minimum Gasteiger partial charge on any atom is -0.504 e. The number of benzene rings is 1. The third-order valence-corrected chi connectivity index (χ3v) is 4.50. The number of methoxy groups -OCH3 is 1. The molecule has 0 atom stereocenters. The van der Waals surface area contributed by atoms with Crippen LogP contribution in [0.5, 0.6) is 11.5 Å². The second-order valence-electron chi connectivity index (χ2n) is 3.79. The van der Waals surface area contributed by atoms with Crippen LogP contribution in [-0.2, 0) is 4.79 Å². The van der Waals surface area contributed by atoms with Gasteiger partial charge in [-0.3, -0.25) is 9.69 Å². The molecule has 0 spiro atoms. The lowest BCUT2D eigenvalue weighted by Gasteiger charge is -2.07. The predicted octanol–water partition coefficient (Wildman–Crippen LogP) is 2.99. The molecule has 0 radical (unpaired) electrons. The SMILES string of the molecule is COc1cc(Br)cc(C=C2SC(=S)N(C)C2=O)c1O. The van der Waals surface area contributed by atoms with Gasteiger partial charge in [0.25, 0.3) is 5.91 Å². The van der Waals surface area contributed by atoms with Crippen LogP contribution in [0, 0.1) is 0 Å². The number of rotatable bonds is 2. The number of nitrogens with zero attached hydrogens (tertiary/aromatic N) is 1. The molecular formula is C12H10BrNO3S2. The lowest BCUT2D eigenvalue weighted by molar-refractivity contribution is -0.121. The van der Waals surface area contributed by atoms with Crippen LogP contribution in [-0.4, -0.2) is 34.4 Å². The standard InChI is InChI=1S/C12H10BrNO3S2/c1-14-11(16)9(19-12(14)18)4-6-3-7(13)5-8(17-2)10(6)15/h3-5,15H,1-2H3. The minimum absolute atomic E-state index is 0.00734. The number of carbonyl (C=O) groups is 1. The van der Waals surface area contributed by atoms with E-state index in [-0.39, 0.29) is 11.7 Å². The van der Waals surface area contributed by atoms with Crippen LogP contribution in [0.3, 0.4) is 0 Å². The Hall–Kier alpha value is -1.05. The van der Waals surface area contributed by atoms with Gasteiger partial charge < -0.3 is 9.84 Å². The Labute approximate surface area is 128 Å². The quantitative estimate of drug-likeness (QED) is 0.649. The summed E-state index contributed by atoms with van der Waals surface area (Å²) >= 11 is 9.58. The molecule has 0 unspecified atom stereocenters. The first kappa shape index (κ1) is 14.4. The van der Waals surface area contributed by atoms with E-state index in [1.54, 1.807) is 25.3 Å². The Bertz CT molecular complexity index is 601. The van der Waals surface area contributed by atoms with Crippen LogP contribution in [0.25, 0.3) is 6.08 Å². The first-order valence-electron chi connectivity index (χ1n) is 5.22. The van der Waals surface area contributed by atoms with E-state index in [1.807, 2.05) is 0 Å². The Balaban J connectivity index is 2.47. The van der Waals surface area contributed by atoms with Crippen LogP contribution in [0.2, 0.25) is 0 Å². The molecule has 1 aromatic rings. The lowest BCUT2D eigenvalue weighted by atomic mass is 10.1. The van der Waals surface area contributed by atoms with Crippen molar-refractivity contribution in [1.29, 1.82) is 0 Å². The highest BCUT2D eigenvalue weighted by Gasteiger charge is 2.29. The summed E-state index contributed by atoms with van der Waals surface area (Å²) in [4.78, 5) is 13.8. The van der Waals surface area contributed by atoms with E-state index in [4.69, 9.17) is 17.0 Å². The summed E-state index contributed by atoms with van der Waals surface area (Å²) in [6.45, 7) is 0. The van der Waals surface area contributed by atoms with E-state index in [1.165, 1.54) is 23.8 Å². The highest BCUT2D eigenvalue weighted by Crippen LogP contribution is 2.38. The number of carbonyl (C=O) groups excluding carboxylic acids is 1. The number of amides is 1. The van der Waals surface area contributed by atoms with Gasteiger partial charge in [-0.05, 0) is 18.2 Å². The molecule has 7 heteroatoms. The van der Waals surface area contributed by atoms with Crippen LogP contribution >= 0.6 is 39.9 Å². The van der Waals surface area contributed by atoms with Gasteiger partial charge in [-0.15, -0.1) is 0 Å². The van der Waals surface area contributed by atoms with E-state index >= 15 is 0 Å². The summed E-state index contributed by atoms with van der Waals surface area (Å²) in [6, 6.07) is 3.36. The zero-order valence-corrected chi connectivity index (χ0v) is 13.4. The van der Waals surface area contributed by atoms with Crippen LogP contribution in [0.4, 0.5) is 0 Å². The van der Waals surface area contributed by atoms with Crippen molar-refractivity contribution >= 4 is 56.2 Å². The summed E-state index contributed by atoms with van der Waals surface area (Å²) in [7, 11) is 3.09. The number of thiocarbonyl (C=S) groups is 1. The van der Waals surface area contributed by atoms with Gasteiger partial charge in [0.05, 0.1) is 12.0 Å². The van der Waals surface area contributed by atoms with E-state index in [0.29, 0.717) is 20.5 Å². The molecular weight excluding hydrogens is 350 g/mol.